The smallest absolute Gasteiger partial charge is 0.270 e. The minimum atomic E-state index is -0.557. The van der Waals surface area contributed by atoms with Crippen molar-refractivity contribution >= 4 is 28.7 Å². The van der Waals surface area contributed by atoms with Gasteiger partial charge in [-0.05, 0) is 35.9 Å². The van der Waals surface area contributed by atoms with Gasteiger partial charge in [0, 0.05) is 36.3 Å². The van der Waals surface area contributed by atoms with E-state index in [1.54, 1.807) is 42.7 Å². The Labute approximate surface area is 152 Å². The number of nitro groups is 1. The molecule has 2 aromatic heterocycles. The van der Waals surface area contributed by atoms with Crippen LogP contribution in [-0.2, 0) is 0 Å². The third-order valence-corrected chi connectivity index (χ3v) is 3.86. The average Bonchev–Trinajstić information content (AvgIpc) is 3.11. The lowest BCUT2D eigenvalue weighted by atomic mass is 10.2. The third kappa shape index (κ3) is 3.36. The van der Waals surface area contributed by atoms with E-state index in [0.717, 1.165) is 11.6 Å². The van der Waals surface area contributed by atoms with Crippen LogP contribution in [0.15, 0.2) is 70.3 Å². The SMILES string of the molecule is O=[N+]([O-])c1ccc([O-])c(C=Nc2ccc3oc(-c4ccncc4)nc3c2)c1. The summed E-state index contributed by atoms with van der Waals surface area (Å²) in [6, 6.07) is 12.3. The molecule has 0 saturated heterocycles. The number of oxazole rings is 1. The molecule has 0 aliphatic carbocycles. The highest BCUT2D eigenvalue weighted by Crippen LogP contribution is 2.27. The van der Waals surface area contributed by atoms with Gasteiger partial charge in [0.25, 0.3) is 5.69 Å². The molecule has 27 heavy (non-hydrogen) atoms. The molecule has 0 radical (unpaired) electrons. The summed E-state index contributed by atoms with van der Waals surface area (Å²) >= 11 is 0. The molecule has 132 valence electrons. The molecular weight excluding hydrogens is 348 g/mol. The lowest BCUT2D eigenvalue weighted by Gasteiger charge is -2.08. The van der Waals surface area contributed by atoms with Gasteiger partial charge in [-0.3, -0.25) is 20.1 Å². The first-order valence-electron chi connectivity index (χ1n) is 7.91. The fraction of sp³-hybridized carbons (Fsp3) is 0. The third-order valence-electron chi connectivity index (χ3n) is 3.86. The summed E-state index contributed by atoms with van der Waals surface area (Å²) in [5.74, 6) is 0.126. The van der Waals surface area contributed by atoms with Gasteiger partial charge in [-0.25, -0.2) is 4.98 Å². The molecule has 0 spiro atoms. The second-order valence-electron chi connectivity index (χ2n) is 5.64. The van der Waals surface area contributed by atoms with Crippen LogP contribution in [0.1, 0.15) is 5.56 Å². The molecule has 0 amide bonds. The molecule has 0 N–H and O–H groups in total. The average molecular weight is 359 g/mol. The maximum Gasteiger partial charge on any atom is 0.270 e. The minimum Gasteiger partial charge on any atom is -0.872 e. The Hall–Kier alpha value is -4.07. The predicted octanol–water partition coefficient (Wildman–Crippen LogP) is 3.62. The molecule has 0 saturated carbocycles. The van der Waals surface area contributed by atoms with Crippen LogP contribution in [0.5, 0.6) is 5.75 Å². The Morgan fingerprint density at radius 3 is 2.67 bits per heavy atom. The topological polar surface area (TPSA) is 117 Å². The Balaban J connectivity index is 1.66. The number of benzene rings is 2. The minimum absolute atomic E-state index is 0.141. The lowest BCUT2D eigenvalue weighted by molar-refractivity contribution is -0.385. The highest BCUT2D eigenvalue weighted by molar-refractivity contribution is 5.87. The second-order valence-corrected chi connectivity index (χ2v) is 5.64. The van der Waals surface area contributed by atoms with Crippen molar-refractivity contribution in [3.63, 3.8) is 0 Å². The van der Waals surface area contributed by atoms with Crippen molar-refractivity contribution in [1.82, 2.24) is 9.97 Å². The van der Waals surface area contributed by atoms with E-state index in [1.165, 1.54) is 18.3 Å². The Bertz CT molecular complexity index is 1170. The molecule has 2 aromatic carbocycles. The molecule has 0 atom stereocenters. The quantitative estimate of drug-likeness (QED) is 0.312. The molecule has 4 aromatic rings. The molecule has 0 aliphatic rings. The molecule has 0 fully saturated rings. The van der Waals surface area contributed by atoms with E-state index in [9.17, 15) is 15.2 Å². The van der Waals surface area contributed by atoms with E-state index in [4.69, 9.17) is 4.42 Å². The first-order valence-corrected chi connectivity index (χ1v) is 7.91. The van der Waals surface area contributed by atoms with Gasteiger partial charge < -0.3 is 9.52 Å². The van der Waals surface area contributed by atoms with E-state index in [-0.39, 0.29) is 17.0 Å². The van der Waals surface area contributed by atoms with E-state index in [2.05, 4.69) is 15.0 Å². The molecule has 0 aliphatic heterocycles. The molecule has 8 nitrogen and oxygen atoms in total. The van der Waals surface area contributed by atoms with Crippen LogP contribution in [0, 0.1) is 10.1 Å². The maximum absolute atomic E-state index is 11.8. The summed E-state index contributed by atoms with van der Waals surface area (Å²) in [6.07, 6.45) is 4.61. The van der Waals surface area contributed by atoms with Gasteiger partial charge in [-0.1, -0.05) is 11.8 Å². The van der Waals surface area contributed by atoms with E-state index in [0.29, 0.717) is 22.7 Å². The number of non-ortho nitro benzene ring substituents is 1. The second kappa shape index (κ2) is 6.68. The molecular formula is C19H11N4O4-. The first-order chi connectivity index (χ1) is 13.1. The van der Waals surface area contributed by atoms with Crippen molar-refractivity contribution in [3.05, 3.63) is 76.6 Å². The highest BCUT2D eigenvalue weighted by Gasteiger charge is 2.09. The van der Waals surface area contributed by atoms with Crippen LogP contribution in [-0.4, -0.2) is 21.1 Å². The number of rotatable bonds is 4. The summed E-state index contributed by atoms with van der Waals surface area (Å²) < 4.78 is 5.72. The van der Waals surface area contributed by atoms with E-state index in [1.807, 2.05) is 0 Å². The number of hydrogen-bond acceptors (Lipinski definition) is 7. The Morgan fingerprint density at radius 2 is 1.89 bits per heavy atom. The molecule has 2 heterocycles. The summed E-state index contributed by atoms with van der Waals surface area (Å²) in [4.78, 5) is 22.9. The van der Waals surface area contributed by atoms with Crippen molar-refractivity contribution in [1.29, 1.82) is 0 Å². The zero-order valence-corrected chi connectivity index (χ0v) is 13.8. The fourth-order valence-corrected chi connectivity index (χ4v) is 2.51. The van der Waals surface area contributed by atoms with Crippen LogP contribution in [0.2, 0.25) is 0 Å². The lowest BCUT2D eigenvalue weighted by Crippen LogP contribution is -1.98. The standard InChI is InChI=1S/C19H12N4O4/c24-17-3-2-15(23(25)26)9-13(17)11-21-14-1-4-18-16(10-14)22-19(27-18)12-5-7-20-8-6-12/h1-11,24H/p-1. The van der Waals surface area contributed by atoms with Crippen molar-refractivity contribution in [3.8, 4) is 17.2 Å². The van der Waals surface area contributed by atoms with Gasteiger partial charge in [-0.2, -0.15) is 0 Å². The van der Waals surface area contributed by atoms with Gasteiger partial charge >= 0.3 is 0 Å². The highest BCUT2D eigenvalue weighted by atomic mass is 16.6. The number of nitrogens with zero attached hydrogens (tertiary/aromatic N) is 4. The molecule has 0 bridgehead atoms. The van der Waals surface area contributed by atoms with E-state index >= 15 is 0 Å². The molecule has 4 rings (SSSR count). The van der Waals surface area contributed by atoms with Gasteiger partial charge in [0.1, 0.15) is 5.52 Å². The van der Waals surface area contributed by atoms with Gasteiger partial charge in [-0.15, -0.1) is 0 Å². The van der Waals surface area contributed by atoms with E-state index < -0.39 is 4.92 Å². The van der Waals surface area contributed by atoms with Gasteiger partial charge in [0.15, 0.2) is 5.58 Å². The number of hydrogen-bond donors (Lipinski definition) is 0. The Morgan fingerprint density at radius 1 is 1.07 bits per heavy atom. The zero-order chi connectivity index (χ0) is 18.8. The summed E-state index contributed by atoms with van der Waals surface area (Å²) in [7, 11) is 0. The van der Waals surface area contributed by atoms with Gasteiger partial charge in [0.2, 0.25) is 5.89 Å². The largest absolute Gasteiger partial charge is 0.872 e. The van der Waals surface area contributed by atoms with Crippen LogP contribution < -0.4 is 5.11 Å². The van der Waals surface area contributed by atoms with Crippen molar-refractivity contribution < 1.29 is 14.4 Å². The summed E-state index contributed by atoms with van der Waals surface area (Å²) in [5, 5.41) is 22.7. The maximum atomic E-state index is 11.8. The number of fused-ring (bicyclic) bond motifs is 1. The van der Waals surface area contributed by atoms with Crippen molar-refractivity contribution in [2.75, 3.05) is 0 Å². The Kier molecular flexibility index (Phi) is 4.06. The van der Waals surface area contributed by atoms with Crippen LogP contribution in [0.4, 0.5) is 11.4 Å². The van der Waals surface area contributed by atoms with Crippen LogP contribution in [0.3, 0.4) is 0 Å². The number of aliphatic imine (C=N–C) groups is 1. The zero-order valence-electron chi connectivity index (χ0n) is 13.8. The van der Waals surface area contributed by atoms with Crippen LogP contribution >= 0.6 is 0 Å². The number of pyridine rings is 1. The van der Waals surface area contributed by atoms with Crippen molar-refractivity contribution in [2.45, 2.75) is 0 Å². The first kappa shape index (κ1) is 16.4. The molecule has 0 unspecified atom stereocenters. The van der Waals surface area contributed by atoms with Crippen LogP contribution in [0.25, 0.3) is 22.6 Å². The number of nitro benzene ring substituents is 1. The predicted molar refractivity (Wildman–Crippen MR) is 97.0 cm³/mol. The summed E-state index contributed by atoms with van der Waals surface area (Å²) in [6.45, 7) is 0. The van der Waals surface area contributed by atoms with Gasteiger partial charge in [0.05, 0.1) is 10.6 Å². The van der Waals surface area contributed by atoms with Crippen molar-refractivity contribution in [2.24, 2.45) is 4.99 Å². The monoisotopic (exact) mass is 359 g/mol. The summed E-state index contributed by atoms with van der Waals surface area (Å²) in [5.41, 5.74) is 2.53. The number of aromatic nitrogens is 2. The fourth-order valence-electron chi connectivity index (χ4n) is 2.51. The molecule has 8 heteroatoms. The normalized spacial score (nSPS) is 11.3.